The van der Waals surface area contributed by atoms with Crippen LogP contribution in [0, 0.1) is 5.41 Å². The number of rotatable bonds is 7. The molecule has 0 radical (unpaired) electrons. The Morgan fingerprint density at radius 1 is 0.909 bits per heavy atom. The van der Waals surface area contributed by atoms with Gasteiger partial charge in [0.25, 0.3) is 0 Å². The molecule has 0 spiro atoms. The molecule has 0 heterocycles. The first-order chi connectivity index (χ1) is 10.5. The molecule has 0 atom stereocenters. The smallest absolute Gasteiger partial charge is 0.123 e. The van der Waals surface area contributed by atoms with E-state index in [1.165, 1.54) is 11.1 Å². The number of hydrogen-bond donors (Lipinski definition) is 1. The van der Waals surface area contributed by atoms with E-state index in [9.17, 15) is 0 Å². The summed E-state index contributed by atoms with van der Waals surface area (Å²) in [5, 5.41) is 3.51. The standard InChI is InChI=1S/C20H27NO/c1-20(2,3)16-21-15-18-11-7-8-12-19(18)22-14-13-17-9-5-4-6-10-17/h4-12,21H,13-16H2,1-3H3. The minimum Gasteiger partial charge on any atom is -0.493 e. The van der Waals surface area contributed by atoms with Gasteiger partial charge in [-0.2, -0.15) is 0 Å². The van der Waals surface area contributed by atoms with Crippen molar-refractivity contribution in [1.82, 2.24) is 5.32 Å². The van der Waals surface area contributed by atoms with Crippen LogP contribution in [0.1, 0.15) is 31.9 Å². The molecule has 0 aliphatic rings. The number of para-hydroxylation sites is 1. The summed E-state index contributed by atoms with van der Waals surface area (Å²) in [5.41, 5.74) is 2.83. The van der Waals surface area contributed by atoms with E-state index in [2.05, 4.69) is 68.6 Å². The van der Waals surface area contributed by atoms with Crippen LogP contribution >= 0.6 is 0 Å². The molecular weight excluding hydrogens is 270 g/mol. The lowest BCUT2D eigenvalue weighted by Gasteiger charge is -2.19. The summed E-state index contributed by atoms with van der Waals surface area (Å²) in [6.07, 6.45) is 0.935. The van der Waals surface area contributed by atoms with Gasteiger partial charge in [0, 0.05) is 25.1 Å². The molecule has 22 heavy (non-hydrogen) atoms. The van der Waals surface area contributed by atoms with Gasteiger partial charge in [0.1, 0.15) is 5.75 Å². The molecule has 0 fully saturated rings. The lowest BCUT2D eigenvalue weighted by Crippen LogP contribution is -2.26. The normalized spacial score (nSPS) is 11.4. The van der Waals surface area contributed by atoms with Gasteiger partial charge < -0.3 is 10.1 Å². The maximum absolute atomic E-state index is 5.98. The van der Waals surface area contributed by atoms with E-state index in [0.717, 1.165) is 25.3 Å². The summed E-state index contributed by atoms with van der Waals surface area (Å²) >= 11 is 0. The number of hydrogen-bond acceptors (Lipinski definition) is 2. The third-order valence-electron chi connectivity index (χ3n) is 3.43. The van der Waals surface area contributed by atoms with E-state index in [1.807, 2.05) is 12.1 Å². The van der Waals surface area contributed by atoms with Gasteiger partial charge in [-0.3, -0.25) is 0 Å². The molecule has 2 aromatic carbocycles. The minimum atomic E-state index is 0.295. The van der Waals surface area contributed by atoms with Crippen LogP contribution in [-0.4, -0.2) is 13.2 Å². The molecule has 118 valence electrons. The van der Waals surface area contributed by atoms with Crippen LogP contribution in [0.25, 0.3) is 0 Å². The monoisotopic (exact) mass is 297 g/mol. The maximum atomic E-state index is 5.98. The third-order valence-corrected chi connectivity index (χ3v) is 3.43. The van der Waals surface area contributed by atoms with Gasteiger partial charge in [-0.05, 0) is 17.0 Å². The summed E-state index contributed by atoms with van der Waals surface area (Å²) in [6, 6.07) is 18.7. The van der Waals surface area contributed by atoms with Crippen molar-refractivity contribution in [3.05, 3.63) is 65.7 Å². The van der Waals surface area contributed by atoms with Crippen LogP contribution in [0.4, 0.5) is 0 Å². The van der Waals surface area contributed by atoms with Crippen molar-refractivity contribution in [1.29, 1.82) is 0 Å². The second-order valence-corrected chi connectivity index (χ2v) is 6.86. The minimum absolute atomic E-state index is 0.295. The van der Waals surface area contributed by atoms with Crippen LogP contribution in [0.15, 0.2) is 54.6 Å². The zero-order valence-corrected chi connectivity index (χ0v) is 13.9. The van der Waals surface area contributed by atoms with Crippen LogP contribution in [0.2, 0.25) is 0 Å². The quantitative estimate of drug-likeness (QED) is 0.815. The molecule has 0 unspecified atom stereocenters. The Morgan fingerprint density at radius 3 is 2.32 bits per heavy atom. The predicted octanol–water partition coefficient (Wildman–Crippen LogP) is 4.44. The average Bonchev–Trinajstić information content (AvgIpc) is 2.49. The number of benzene rings is 2. The molecule has 2 rings (SSSR count). The van der Waals surface area contributed by atoms with Gasteiger partial charge in [-0.1, -0.05) is 69.3 Å². The van der Waals surface area contributed by atoms with Gasteiger partial charge >= 0.3 is 0 Å². The second kappa shape index (κ2) is 8.00. The summed E-state index contributed by atoms with van der Waals surface area (Å²) in [4.78, 5) is 0. The molecule has 2 nitrogen and oxygen atoms in total. The molecule has 0 saturated heterocycles. The Morgan fingerprint density at radius 2 is 1.59 bits per heavy atom. The fraction of sp³-hybridized carbons (Fsp3) is 0.400. The summed E-state index contributed by atoms with van der Waals surface area (Å²) in [7, 11) is 0. The Bertz CT molecular complexity index is 557. The molecule has 2 heteroatoms. The summed E-state index contributed by atoms with van der Waals surface area (Å²) in [6.45, 7) is 9.26. The predicted molar refractivity (Wildman–Crippen MR) is 93.2 cm³/mol. The number of ether oxygens (including phenoxy) is 1. The highest BCUT2D eigenvalue weighted by Gasteiger charge is 2.10. The van der Waals surface area contributed by atoms with Crippen molar-refractivity contribution >= 4 is 0 Å². The molecule has 2 aromatic rings. The molecule has 0 aliphatic heterocycles. The van der Waals surface area contributed by atoms with Crippen molar-refractivity contribution in [2.75, 3.05) is 13.2 Å². The molecule has 0 aromatic heterocycles. The zero-order valence-electron chi connectivity index (χ0n) is 13.9. The Kier molecular flexibility index (Phi) is 6.02. The van der Waals surface area contributed by atoms with E-state index in [-0.39, 0.29) is 0 Å². The molecular formula is C20H27NO. The topological polar surface area (TPSA) is 21.3 Å². The van der Waals surface area contributed by atoms with Crippen molar-refractivity contribution in [3.8, 4) is 5.75 Å². The van der Waals surface area contributed by atoms with E-state index in [0.29, 0.717) is 12.0 Å². The Labute approximate surface area is 134 Å². The molecule has 0 saturated carbocycles. The first-order valence-corrected chi connectivity index (χ1v) is 8.00. The van der Waals surface area contributed by atoms with Crippen LogP contribution in [0.3, 0.4) is 0 Å². The lowest BCUT2D eigenvalue weighted by molar-refractivity contribution is 0.315. The highest BCUT2D eigenvalue weighted by molar-refractivity contribution is 5.33. The summed E-state index contributed by atoms with van der Waals surface area (Å²) < 4.78 is 5.98. The van der Waals surface area contributed by atoms with Crippen molar-refractivity contribution in [3.63, 3.8) is 0 Å². The zero-order chi connectivity index (χ0) is 15.8. The van der Waals surface area contributed by atoms with Crippen LogP contribution in [-0.2, 0) is 13.0 Å². The number of nitrogens with one attached hydrogen (secondary N) is 1. The SMILES string of the molecule is CC(C)(C)CNCc1ccccc1OCCc1ccccc1. The molecule has 0 amide bonds. The molecule has 0 aliphatic carbocycles. The first kappa shape index (κ1) is 16.6. The van der Waals surface area contributed by atoms with Gasteiger partial charge in [0.2, 0.25) is 0 Å². The summed E-state index contributed by atoms with van der Waals surface area (Å²) in [5.74, 6) is 0.986. The third kappa shape index (κ3) is 5.90. The van der Waals surface area contributed by atoms with Crippen molar-refractivity contribution < 1.29 is 4.74 Å². The van der Waals surface area contributed by atoms with E-state index < -0.39 is 0 Å². The lowest BCUT2D eigenvalue weighted by atomic mass is 9.97. The van der Waals surface area contributed by atoms with Gasteiger partial charge in [0.15, 0.2) is 0 Å². The largest absolute Gasteiger partial charge is 0.493 e. The second-order valence-electron chi connectivity index (χ2n) is 6.86. The fourth-order valence-corrected chi connectivity index (χ4v) is 2.29. The highest BCUT2D eigenvalue weighted by atomic mass is 16.5. The van der Waals surface area contributed by atoms with Crippen LogP contribution in [0.5, 0.6) is 5.75 Å². The molecule has 0 bridgehead atoms. The maximum Gasteiger partial charge on any atom is 0.123 e. The van der Waals surface area contributed by atoms with Crippen LogP contribution < -0.4 is 10.1 Å². The van der Waals surface area contributed by atoms with Crippen molar-refractivity contribution in [2.24, 2.45) is 5.41 Å². The van der Waals surface area contributed by atoms with Gasteiger partial charge in [-0.15, -0.1) is 0 Å². The fourth-order valence-electron chi connectivity index (χ4n) is 2.29. The van der Waals surface area contributed by atoms with Gasteiger partial charge in [-0.25, -0.2) is 0 Å². The average molecular weight is 297 g/mol. The van der Waals surface area contributed by atoms with Gasteiger partial charge in [0.05, 0.1) is 6.61 Å². The molecule has 1 N–H and O–H groups in total. The van der Waals surface area contributed by atoms with E-state index >= 15 is 0 Å². The highest BCUT2D eigenvalue weighted by Crippen LogP contribution is 2.19. The Hall–Kier alpha value is -1.80. The first-order valence-electron chi connectivity index (χ1n) is 8.00. The Balaban J connectivity index is 1.85. The van der Waals surface area contributed by atoms with Crippen molar-refractivity contribution in [2.45, 2.75) is 33.7 Å². The van der Waals surface area contributed by atoms with E-state index in [1.54, 1.807) is 0 Å². The van der Waals surface area contributed by atoms with E-state index in [4.69, 9.17) is 4.74 Å².